The number of thiophene rings is 1. The van der Waals surface area contributed by atoms with Crippen molar-refractivity contribution in [1.82, 2.24) is 9.62 Å². The molecule has 1 heterocycles. The van der Waals surface area contributed by atoms with Crippen molar-refractivity contribution in [2.45, 2.75) is 12.8 Å². The highest BCUT2D eigenvalue weighted by atomic mass is 32.2. The van der Waals surface area contributed by atoms with Crippen molar-refractivity contribution < 1.29 is 18.0 Å². The second kappa shape index (κ2) is 7.51. The highest BCUT2D eigenvalue weighted by Gasteiger charge is 2.13. The average molecular weight is 318 g/mol. The molecule has 1 amide bonds. The maximum atomic E-state index is 11.8. The first-order valence-corrected chi connectivity index (χ1v) is 8.82. The third-order valence-electron chi connectivity index (χ3n) is 2.60. The van der Waals surface area contributed by atoms with Gasteiger partial charge in [0.25, 0.3) is 0 Å². The van der Waals surface area contributed by atoms with Gasteiger partial charge in [0.15, 0.2) is 5.78 Å². The Labute approximate surface area is 122 Å². The summed E-state index contributed by atoms with van der Waals surface area (Å²) in [6.45, 7) is 0.443. The highest BCUT2D eigenvalue weighted by molar-refractivity contribution is 7.88. The lowest BCUT2D eigenvalue weighted by atomic mass is 10.2. The van der Waals surface area contributed by atoms with E-state index in [2.05, 4.69) is 4.72 Å². The molecule has 0 aliphatic rings. The Kier molecular flexibility index (Phi) is 6.31. The fourth-order valence-electron chi connectivity index (χ4n) is 1.50. The van der Waals surface area contributed by atoms with Gasteiger partial charge in [-0.2, -0.15) is 0 Å². The van der Waals surface area contributed by atoms with E-state index in [1.807, 2.05) is 5.38 Å². The minimum absolute atomic E-state index is 0.0454. The van der Waals surface area contributed by atoms with Gasteiger partial charge in [0.1, 0.15) is 0 Å². The first kappa shape index (κ1) is 16.8. The molecule has 0 fully saturated rings. The van der Waals surface area contributed by atoms with Crippen LogP contribution in [0.4, 0.5) is 0 Å². The molecule has 1 rings (SSSR count). The van der Waals surface area contributed by atoms with Crippen LogP contribution in [0, 0.1) is 0 Å². The molecule has 0 aliphatic carbocycles. The van der Waals surface area contributed by atoms with Crippen LogP contribution in [0.3, 0.4) is 0 Å². The molecule has 8 heteroatoms. The summed E-state index contributed by atoms with van der Waals surface area (Å²) in [6, 6.07) is 3.53. The summed E-state index contributed by atoms with van der Waals surface area (Å²) in [4.78, 5) is 25.6. The van der Waals surface area contributed by atoms with E-state index in [0.717, 1.165) is 6.26 Å². The van der Waals surface area contributed by atoms with Crippen LogP contribution in [0.5, 0.6) is 0 Å². The van der Waals surface area contributed by atoms with Gasteiger partial charge >= 0.3 is 0 Å². The highest BCUT2D eigenvalue weighted by Crippen LogP contribution is 2.12. The number of Topliss-reactive ketones (excluding diaryl/α,β-unsaturated/α-hetero) is 1. The summed E-state index contributed by atoms with van der Waals surface area (Å²) in [5, 5.41) is 1.82. The number of likely N-dealkylation sites (N-methyl/N-ethyl adjacent to an activating group) is 1. The van der Waals surface area contributed by atoms with Crippen LogP contribution >= 0.6 is 11.3 Å². The molecule has 0 atom stereocenters. The molecule has 0 spiro atoms. The first-order valence-electron chi connectivity index (χ1n) is 6.05. The van der Waals surface area contributed by atoms with Crippen molar-refractivity contribution >= 4 is 33.1 Å². The first-order chi connectivity index (χ1) is 9.29. The summed E-state index contributed by atoms with van der Waals surface area (Å²) in [5.74, 6) is -0.221. The topological polar surface area (TPSA) is 83.6 Å². The van der Waals surface area contributed by atoms with Crippen LogP contribution in [-0.4, -0.2) is 51.4 Å². The minimum Gasteiger partial charge on any atom is -0.344 e. The van der Waals surface area contributed by atoms with Crippen LogP contribution in [0.15, 0.2) is 17.5 Å². The molecule has 0 aliphatic heterocycles. The van der Waals surface area contributed by atoms with Crippen molar-refractivity contribution in [1.29, 1.82) is 0 Å². The molecule has 0 saturated carbocycles. The Morgan fingerprint density at radius 1 is 1.35 bits per heavy atom. The van der Waals surface area contributed by atoms with Gasteiger partial charge in [-0.3, -0.25) is 9.59 Å². The van der Waals surface area contributed by atoms with E-state index in [1.54, 1.807) is 19.2 Å². The van der Waals surface area contributed by atoms with Gasteiger partial charge < -0.3 is 4.90 Å². The molecule has 0 radical (unpaired) electrons. The summed E-state index contributed by atoms with van der Waals surface area (Å²) in [7, 11) is -1.66. The normalized spacial score (nSPS) is 11.3. The van der Waals surface area contributed by atoms with Crippen LogP contribution in [0.2, 0.25) is 0 Å². The number of sulfonamides is 1. The van der Waals surface area contributed by atoms with E-state index >= 15 is 0 Å². The van der Waals surface area contributed by atoms with Gasteiger partial charge in [-0.25, -0.2) is 13.1 Å². The molecule has 0 saturated heterocycles. The number of nitrogens with one attached hydrogen (secondary N) is 1. The Morgan fingerprint density at radius 2 is 2.05 bits per heavy atom. The molecule has 1 aromatic rings. The second-order valence-electron chi connectivity index (χ2n) is 4.38. The zero-order valence-corrected chi connectivity index (χ0v) is 13.1. The summed E-state index contributed by atoms with van der Waals surface area (Å²) in [5.41, 5.74) is 0. The second-order valence-corrected chi connectivity index (χ2v) is 7.16. The molecule has 1 N–H and O–H groups in total. The Morgan fingerprint density at radius 3 is 2.60 bits per heavy atom. The van der Waals surface area contributed by atoms with Gasteiger partial charge in [0.05, 0.1) is 11.1 Å². The largest absolute Gasteiger partial charge is 0.344 e. The monoisotopic (exact) mass is 318 g/mol. The van der Waals surface area contributed by atoms with E-state index in [9.17, 15) is 18.0 Å². The number of hydrogen-bond donors (Lipinski definition) is 1. The molecule has 6 nitrogen and oxygen atoms in total. The number of ketones is 1. The molecular formula is C12H18N2O4S2. The standard InChI is InChI=1S/C12H18N2O4S2/c1-14(8-7-13-20(2,17)18)12(16)6-5-10(15)11-4-3-9-19-11/h3-4,9,13H,5-8H2,1-2H3. The molecule has 1 aromatic heterocycles. The number of amides is 1. The quantitative estimate of drug-likeness (QED) is 0.716. The van der Waals surface area contributed by atoms with Crippen molar-refractivity contribution in [3.8, 4) is 0 Å². The van der Waals surface area contributed by atoms with E-state index in [0.29, 0.717) is 4.88 Å². The summed E-state index contributed by atoms with van der Waals surface area (Å²) < 4.78 is 24.0. The maximum Gasteiger partial charge on any atom is 0.222 e. The van der Waals surface area contributed by atoms with Crippen molar-refractivity contribution in [3.05, 3.63) is 22.4 Å². The number of carbonyl (C=O) groups is 2. The number of nitrogens with zero attached hydrogens (tertiary/aromatic N) is 1. The number of carbonyl (C=O) groups excluding carboxylic acids is 2. The van der Waals surface area contributed by atoms with Crippen molar-refractivity contribution in [2.24, 2.45) is 0 Å². The number of rotatable bonds is 8. The maximum absolute atomic E-state index is 11.8. The molecular weight excluding hydrogens is 300 g/mol. The van der Waals surface area contributed by atoms with Gasteiger partial charge in [-0.1, -0.05) is 6.07 Å². The lowest BCUT2D eigenvalue weighted by Gasteiger charge is -2.16. The Balaban J connectivity index is 2.30. The molecule has 0 unspecified atom stereocenters. The van der Waals surface area contributed by atoms with E-state index in [-0.39, 0.29) is 37.6 Å². The SMILES string of the molecule is CN(CCNS(C)(=O)=O)C(=O)CCC(=O)c1cccs1. The van der Waals surface area contributed by atoms with Crippen LogP contribution in [0.25, 0.3) is 0 Å². The van der Waals surface area contributed by atoms with E-state index in [1.165, 1.54) is 16.2 Å². The van der Waals surface area contributed by atoms with E-state index in [4.69, 9.17) is 0 Å². The molecule has 0 bridgehead atoms. The predicted octanol–water partition coefficient (Wildman–Crippen LogP) is 0.719. The minimum atomic E-state index is -3.24. The third-order valence-corrected chi connectivity index (χ3v) is 4.24. The van der Waals surface area contributed by atoms with Gasteiger partial charge in [0, 0.05) is 33.0 Å². The Hall–Kier alpha value is -1.25. The number of hydrogen-bond acceptors (Lipinski definition) is 5. The third kappa shape index (κ3) is 6.27. The summed E-state index contributed by atoms with van der Waals surface area (Å²) in [6.07, 6.45) is 1.36. The lowest BCUT2D eigenvalue weighted by Crippen LogP contribution is -2.35. The van der Waals surface area contributed by atoms with E-state index < -0.39 is 10.0 Å². The smallest absolute Gasteiger partial charge is 0.222 e. The zero-order chi connectivity index (χ0) is 15.2. The van der Waals surface area contributed by atoms with Gasteiger partial charge in [-0.05, 0) is 11.4 Å². The fraction of sp³-hybridized carbons (Fsp3) is 0.500. The van der Waals surface area contributed by atoms with Crippen LogP contribution < -0.4 is 4.72 Å². The van der Waals surface area contributed by atoms with Crippen LogP contribution in [-0.2, 0) is 14.8 Å². The van der Waals surface area contributed by atoms with Gasteiger partial charge in [-0.15, -0.1) is 11.3 Å². The van der Waals surface area contributed by atoms with Crippen molar-refractivity contribution in [2.75, 3.05) is 26.4 Å². The molecule has 0 aromatic carbocycles. The van der Waals surface area contributed by atoms with Crippen molar-refractivity contribution in [3.63, 3.8) is 0 Å². The Bertz CT molecular complexity index is 552. The van der Waals surface area contributed by atoms with Crippen LogP contribution in [0.1, 0.15) is 22.5 Å². The van der Waals surface area contributed by atoms with Gasteiger partial charge in [0.2, 0.25) is 15.9 Å². The lowest BCUT2D eigenvalue weighted by molar-refractivity contribution is -0.129. The summed E-state index contributed by atoms with van der Waals surface area (Å²) >= 11 is 1.36. The molecule has 112 valence electrons. The fourth-order valence-corrected chi connectivity index (χ4v) is 2.65. The predicted molar refractivity (Wildman–Crippen MR) is 78.4 cm³/mol. The zero-order valence-electron chi connectivity index (χ0n) is 11.5. The molecule has 20 heavy (non-hydrogen) atoms. The average Bonchev–Trinajstić information content (AvgIpc) is 2.87.